The van der Waals surface area contributed by atoms with E-state index in [4.69, 9.17) is 5.73 Å². The van der Waals surface area contributed by atoms with Gasteiger partial charge in [0.1, 0.15) is 11.6 Å². The van der Waals surface area contributed by atoms with Crippen LogP contribution in [-0.4, -0.2) is 27.6 Å². The van der Waals surface area contributed by atoms with Gasteiger partial charge in [0.25, 0.3) is 0 Å². The zero-order valence-electron chi connectivity index (χ0n) is 14.4. The van der Waals surface area contributed by atoms with Crippen LogP contribution in [-0.2, 0) is 6.54 Å². The second-order valence-corrected chi connectivity index (χ2v) is 6.72. The van der Waals surface area contributed by atoms with Crippen molar-refractivity contribution in [3.63, 3.8) is 0 Å². The van der Waals surface area contributed by atoms with E-state index < -0.39 is 11.6 Å². The van der Waals surface area contributed by atoms with Gasteiger partial charge in [-0.2, -0.15) is 0 Å². The number of anilines is 2. The van der Waals surface area contributed by atoms with Crippen LogP contribution in [0.25, 0.3) is 11.3 Å². The molecule has 26 heavy (non-hydrogen) atoms. The average Bonchev–Trinajstić information content (AvgIpc) is 2.97. The standard InChI is InChI=1S/C19H19F2N5/c1-12-7-25(11-23-12)8-13-9-26(10-13)19-17(22)4-5-18(24-19)15-3-2-14(20)6-16(15)21/h2-7,11,13H,8-10,22H2,1H3. The lowest BCUT2D eigenvalue weighted by atomic mass is 9.99. The van der Waals surface area contributed by atoms with Crippen LogP contribution in [0.4, 0.5) is 20.3 Å². The number of aryl methyl sites for hydroxylation is 1. The van der Waals surface area contributed by atoms with Gasteiger partial charge in [-0.1, -0.05) is 0 Å². The number of rotatable bonds is 4. The molecule has 2 aromatic heterocycles. The van der Waals surface area contributed by atoms with Crippen molar-refractivity contribution in [2.75, 3.05) is 23.7 Å². The minimum atomic E-state index is -0.634. The van der Waals surface area contributed by atoms with Gasteiger partial charge in [0.15, 0.2) is 5.82 Å². The first-order valence-electron chi connectivity index (χ1n) is 8.45. The average molecular weight is 355 g/mol. The number of hydrogen-bond acceptors (Lipinski definition) is 4. The highest BCUT2D eigenvalue weighted by atomic mass is 19.1. The molecule has 0 bridgehead atoms. The molecule has 4 rings (SSSR count). The first-order chi connectivity index (χ1) is 12.5. The molecule has 1 aliphatic rings. The van der Waals surface area contributed by atoms with Crippen molar-refractivity contribution in [2.24, 2.45) is 5.92 Å². The van der Waals surface area contributed by atoms with Crippen LogP contribution in [0, 0.1) is 24.5 Å². The van der Waals surface area contributed by atoms with E-state index in [1.54, 1.807) is 12.1 Å². The largest absolute Gasteiger partial charge is 0.396 e. The molecule has 0 aliphatic carbocycles. The van der Waals surface area contributed by atoms with E-state index in [2.05, 4.69) is 19.4 Å². The summed E-state index contributed by atoms with van der Waals surface area (Å²) in [5, 5.41) is 0. The fourth-order valence-electron chi connectivity index (χ4n) is 3.29. The Morgan fingerprint density at radius 3 is 2.69 bits per heavy atom. The molecule has 3 aromatic rings. The van der Waals surface area contributed by atoms with Crippen LogP contribution >= 0.6 is 0 Å². The molecule has 0 spiro atoms. The quantitative estimate of drug-likeness (QED) is 0.780. The molecule has 3 heterocycles. The Balaban J connectivity index is 1.51. The highest BCUT2D eigenvalue weighted by Gasteiger charge is 2.29. The predicted octanol–water partition coefficient (Wildman–Crippen LogP) is 3.25. The van der Waals surface area contributed by atoms with Gasteiger partial charge in [-0.25, -0.2) is 18.7 Å². The summed E-state index contributed by atoms with van der Waals surface area (Å²) in [4.78, 5) is 10.8. The molecule has 0 atom stereocenters. The van der Waals surface area contributed by atoms with E-state index in [-0.39, 0.29) is 5.56 Å². The molecule has 1 aromatic carbocycles. The second-order valence-electron chi connectivity index (χ2n) is 6.72. The Bertz CT molecular complexity index is 947. The number of aromatic nitrogens is 3. The lowest BCUT2D eigenvalue weighted by Gasteiger charge is -2.41. The fraction of sp³-hybridized carbons (Fsp3) is 0.263. The molecule has 5 nitrogen and oxygen atoms in total. The van der Waals surface area contributed by atoms with Gasteiger partial charge in [0, 0.05) is 43.4 Å². The van der Waals surface area contributed by atoms with Gasteiger partial charge < -0.3 is 15.2 Å². The Morgan fingerprint density at radius 2 is 2.00 bits per heavy atom. The molecular formula is C19H19F2N5. The van der Waals surface area contributed by atoms with Crippen LogP contribution < -0.4 is 10.6 Å². The van der Waals surface area contributed by atoms with Gasteiger partial charge in [0.2, 0.25) is 0 Å². The van der Waals surface area contributed by atoms with Crippen LogP contribution in [0.15, 0.2) is 42.9 Å². The molecule has 7 heteroatoms. The third-order valence-electron chi connectivity index (χ3n) is 4.60. The van der Waals surface area contributed by atoms with Crippen molar-refractivity contribution in [3.8, 4) is 11.3 Å². The Morgan fingerprint density at radius 1 is 1.19 bits per heavy atom. The molecule has 134 valence electrons. The van der Waals surface area contributed by atoms with E-state index in [0.29, 0.717) is 23.1 Å². The maximum atomic E-state index is 14.0. The lowest BCUT2D eigenvalue weighted by Crippen LogP contribution is -2.49. The van der Waals surface area contributed by atoms with Crippen molar-refractivity contribution in [2.45, 2.75) is 13.5 Å². The Kier molecular flexibility index (Phi) is 4.06. The highest BCUT2D eigenvalue weighted by molar-refractivity contribution is 5.71. The summed E-state index contributed by atoms with van der Waals surface area (Å²) >= 11 is 0. The predicted molar refractivity (Wildman–Crippen MR) is 96.7 cm³/mol. The number of nitrogen functional groups attached to an aromatic ring is 1. The summed E-state index contributed by atoms with van der Waals surface area (Å²) in [7, 11) is 0. The summed E-state index contributed by atoms with van der Waals surface area (Å²) in [6.45, 7) is 4.51. The molecule has 1 aliphatic heterocycles. The smallest absolute Gasteiger partial charge is 0.152 e. The fourth-order valence-corrected chi connectivity index (χ4v) is 3.29. The first-order valence-corrected chi connectivity index (χ1v) is 8.45. The summed E-state index contributed by atoms with van der Waals surface area (Å²) in [5.74, 6) is -0.118. The number of nitrogens with zero attached hydrogens (tertiary/aromatic N) is 4. The van der Waals surface area contributed by atoms with Gasteiger partial charge >= 0.3 is 0 Å². The zero-order valence-corrected chi connectivity index (χ0v) is 14.4. The van der Waals surface area contributed by atoms with Gasteiger partial charge in [0.05, 0.1) is 23.4 Å². The van der Waals surface area contributed by atoms with E-state index in [1.165, 1.54) is 12.1 Å². The Hall–Kier alpha value is -2.96. The Labute approximate surface area is 150 Å². The van der Waals surface area contributed by atoms with Crippen LogP contribution in [0.3, 0.4) is 0 Å². The van der Waals surface area contributed by atoms with Crippen molar-refractivity contribution in [1.82, 2.24) is 14.5 Å². The summed E-state index contributed by atoms with van der Waals surface area (Å²) in [6, 6.07) is 6.85. The number of imidazole rings is 1. The summed E-state index contributed by atoms with van der Waals surface area (Å²) < 4.78 is 29.2. The SMILES string of the molecule is Cc1cn(CC2CN(c3nc(-c4ccc(F)cc4F)ccc3N)C2)cn1. The first kappa shape index (κ1) is 16.5. The van der Waals surface area contributed by atoms with Gasteiger partial charge in [-0.3, -0.25) is 0 Å². The third kappa shape index (κ3) is 3.12. The van der Waals surface area contributed by atoms with Crippen LogP contribution in [0.5, 0.6) is 0 Å². The maximum Gasteiger partial charge on any atom is 0.152 e. The zero-order chi connectivity index (χ0) is 18.3. The minimum Gasteiger partial charge on any atom is -0.396 e. The topological polar surface area (TPSA) is 60.0 Å². The van der Waals surface area contributed by atoms with Crippen molar-refractivity contribution < 1.29 is 8.78 Å². The monoisotopic (exact) mass is 355 g/mol. The molecular weight excluding hydrogens is 336 g/mol. The van der Waals surface area contributed by atoms with E-state index >= 15 is 0 Å². The molecule has 0 saturated carbocycles. The molecule has 1 saturated heterocycles. The number of benzene rings is 1. The van der Waals surface area contributed by atoms with Crippen molar-refractivity contribution in [1.29, 1.82) is 0 Å². The molecule has 0 radical (unpaired) electrons. The molecule has 0 amide bonds. The molecule has 2 N–H and O–H groups in total. The highest BCUT2D eigenvalue weighted by Crippen LogP contribution is 2.32. The molecule has 1 fully saturated rings. The lowest BCUT2D eigenvalue weighted by molar-refractivity contribution is 0.355. The van der Waals surface area contributed by atoms with Gasteiger partial charge in [-0.15, -0.1) is 0 Å². The van der Waals surface area contributed by atoms with Crippen LogP contribution in [0.2, 0.25) is 0 Å². The van der Waals surface area contributed by atoms with Crippen LogP contribution in [0.1, 0.15) is 5.69 Å². The third-order valence-corrected chi connectivity index (χ3v) is 4.60. The summed E-state index contributed by atoms with van der Waals surface area (Å²) in [5.41, 5.74) is 8.33. The summed E-state index contributed by atoms with van der Waals surface area (Å²) in [6.07, 6.45) is 3.86. The second kappa shape index (κ2) is 6.40. The normalized spacial score (nSPS) is 14.5. The molecule has 0 unspecified atom stereocenters. The van der Waals surface area contributed by atoms with E-state index in [9.17, 15) is 8.78 Å². The van der Waals surface area contributed by atoms with Crippen molar-refractivity contribution >= 4 is 11.5 Å². The van der Waals surface area contributed by atoms with E-state index in [0.717, 1.165) is 31.4 Å². The number of halogens is 2. The van der Waals surface area contributed by atoms with Gasteiger partial charge in [-0.05, 0) is 31.2 Å². The number of nitrogens with two attached hydrogens (primary N) is 1. The maximum absolute atomic E-state index is 14.0. The van der Waals surface area contributed by atoms with E-state index in [1.807, 2.05) is 19.4 Å². The minimum absolute atomic E-state index is 0.263. The number of pyridine rings is 1. The number of hydrogen-bond donors (Lipinski definition) is 1. The van der Waals surface area contributed by atoms with Crippen molar-refractivity contribution in [3.05, 3.63) is 60.2 Å².